The third-order valence-electron chi connectivity index (χ3n) is 2.53. The minimum absolute atomic E-state index is 0.185. The summed E-state index contributed by atoms with van der Waals surface area (Å²) in [6.45, 7) is 1.82. The van der Waals surface area contributed by atoms with Gasteiger partial charge in [-0.25, -0.2) is 13.1 Å². The highest BCUT2D eigenvalue weighted by Crippen LogP contribution is 2.29. The van der Waals surface area contributed by atoms with E-state index in [1.807, 2.05) is 13.0 Å². The first kappa shape index (κ1) is 12.0. The van der Waals surface area contributed by atoms with Crippen molar-refractivity contribution in [3.8, 4) is 0 Å². The molecule has 1 atom stereocenters. The zero-order chi connectivity index (χ0) is 11.8. The van der Waals surface area contributed by atoms with Gasteiger partial charge in [-0.15, -0.1) is 0 Å². The lowest BCUT2D eigenvalue weighted by molar-refractivity contribution is 0.565. The summed E-state index contributed by atoms with van der Waals surface area (Å²) in [6.07, 6.45) is 4.90. The summed E-state index contributed by atoms with van der Waals surface area (Å²) in [7, 11) is -3.14. The first-order valence-electron chi connectivity index (χ1n) is 5.10. The van der Waals surface area contributed by atoms with Crippen LogP contribution in [0.25, 0.3) is 0 Å². The van der Waals surface area contributed by atoms with Crippen molar-refractivity contribution < 1.29 is 8.42 Å². The fraction of sp³-hybridized carbons (Fsp3) is 0.500. The topological polar surface area (TPSA) is 59.1 Å². The maximum absolute atomic E-state index is 11.7. The lowest BCUT2D eigenvalue weighted by atomic mass is 10.2. The second-order valence-electron chi connectivity index (χ2n) is 4.02. The maximum atomic E-state index is 11.7. The number of sulfonamides is 1. The predicted molar refractivity (Wildman–Crippen MR) is 65.4 cm³/mol. The van der Waals surface area contributed by atoms with Crippen LogP contribution in [0.15, 0.2) is 22.9 Å². The molecular formula is C10H13BrN2O2S. The molecule has 1 aromatic heterocycles. The number of hydrogen-bond acceptors (Lipinski definition) is 3. The summed E-state index contributed by atoms with van der Waals surface area (Å²) in [5.74, 6) is 0. The van der Waals surface area contributed by atoms with E-state index in [1.54, 1.807) is 12.4 Å². The van der Waals surface area contributed by atoms with E-state index in [1.165, 1.54) is 0 Å². The van der Waals surface area contributed by atoms with Gasteiger partial charge >= 0.3 is 0 Å². The van der Waals surface area contributed by atoms with Gasteiger partial charge in [0.25, 0.3) is 0 Å². The summed E-state index contributed by atoms with van der Waals surface area (Å²) in [5.41, 5.74) is 0.860. The predicted octanol–water partition coefficient (Wildman–Crippen LogP) is 1.99. The smallest absolute Gasteiger partial charge is 0.215 e. The van der Waals surface area contributed by atoms with Crippen LogP contribution in [0.3, 0.4) is 0 Å². The van der Waals surface area contributed by atoms with Crippen LogP contribution in [0.4, 0.5) is 0 Å². The van der Waals surface area contributed by atoms with Gasteiger partial charge in [0.1, 0.15) is 0 Å². The van der Waals surface area contributed by atoms with Gasteiger partial charge < -0.3 is 0 Å². The SMILES string of the molecule is CC(NS(=O)(=O)C1CC1)c1cncc(Br)c1. The second kappa shape index (κ2) is 4.43. The van der Waals surface area contributed by atoms with Crippen LogP contribution >= 0.6 is 15.9 Å². The minimum Gasteiger partial charge on any atom is -0.263 e. The Morgan fingerprint density at radius 3 is 2.75 bits per heavy atom. The number of nitrogens with zero attached hydrogens (tertiary/aromatic N) is 1. The minimum atomic E-state index is -3.14. The fourth-order valence-electron chi connectivity index (χ4n) is 1.45. The van der Waals surface area contributed by atoms with Crippen molar-refractivity contribution in [3.05, 3.63) is 28.5 Å². The molecule has 1 saturated carbocycles. The molecule has 16 heavy (non-hydrogen) atoms. The van der Waals surface area contributed by atoms with Gasteiger partial charge in [-0.3, -0.25) is 4.98 Å². The second-order valence-corrected chi connectivity index (χ2v) is 6.93. The zero-order valence-corrected chi connectivity index (χ0v) is 11.3. The number of rotatable bonds is 4. The van der Waals surface area contributed by atoms with Crippen LogP contribution in [-0.4, -0.2) is 18.7 Å². The van der Waals surface area contributed by atoms with E-state index in [-0.39, 0.29) is 11.3 Å². The molecule has 0 radical (unpaired) electrons. The summed E-state index contributed by atoms with van der Waals surface area (Å²) in [4.78, 5) is 4.01. The van der Waals surface area contributed by atoms with Crippen molar-refractivity contribution in [2.75, 3.05) is 0 Å². The zero-order valence-electron chi connectivity index (χ0n) is 8.85. The molecule has 1 aromatic rings. The number of hydrogen-bond donors (Lipinski definition) is 1. The van der Waals surface area contributed by atoms with E-state index in [0.717, 1.165) is 22.9 Å². The molecule has 6 heteroatoms. The molecule has 4 nitrogen and oxygen atoms in total. The molecule has 1 fully saturated rings. The average Bonchev–Trinajstić information content (AvgIpc) is 3.00. The molecule has 1 unspecified atom stereocenters. The summed E-state index contributed by atoms with van der Waals surface area (Å²) < 4.78 is 27.0. The van der Waals surface area contributed by atoms with Crippen LogP contribution in [0.5, 0.6) is 0 Å². The Morgan fingerprint density at radius 1 is 1.50 bits per heavy atom. The Kier molecular flexibility index (Phi) is 3.32. The number of aromatic nitrogens is 1. The van der Waals surface area contributed by atoms with Gasteiger partial charge in [0.05, 0.1) is 5.25 Å². The molecule has 0 aromatic carbocycles. The Morgan fingerprint density at radius 2 is 2.19 bits per heavy atom. The fourth-order valence-corrected chi connectivity index (χ4v) is 3.41. The highest BCUT2D eigenvalue weighted by Gasteiger charge is 2.36. The maximum Gasteiger partial charge on any atom is 0.215 e. The van der Waals surface area contributed by atoms with Crippen LogP contribution in [0, 0.1) is 0 Å². The van der Waals surface area contributed by atoms with E-state index >= 15 is 0 Å². The average molecular weight is 305 g/mol. The van der Waals surface area contributed by atoms with Crippen LogP contribution < -0.4 is 4.72 Å². The van der Waals surface area contributed by atoms with Gasteiger partial charge in [-0.1, -0.05) is 0 Å². The molecule has 0 bridgehead atoms. The first-order valence-corrected chi connectivity index (χ1v) is 7.44. The Balaban J connectivity index is 2.11. The van der Waals surface area contributed by atoms with Crippen molar-refractivity contribution in [2.45, 2.75) is 31.1 Å². The van der Waals surface area contributed by atoms with Crippen molar-refractivity contribution in [1.29, 1.82) is 0 Å². The largest absolute Gasteiger partial charge is 0.263 e. The molecule has 1 N–H and O–H groups in total. The Labute approximate surface area is 104 Å². The van der Waals surface area contributed by atoms with Crippen molar-refractivity contribution >= 4 is 26.0 Å². The van der Waals surface area contributed by atoms with Gasteiger partial charge in [-0.05, 0) is 47.3 Å². The van der Waals surface area contributed by atoms with Crippen molar-refractivity contribution in [2.24, 2.45) is 0 Å². The van der Waals surface area contributed by atoms with E-state index in [4.69, 9.17) is 0 Å². The molecule has 1 aliphatic carbocycles. The molecule has 1 heterocycles. The molecule has 0 aliphatic heterocycles. The standard InChI is InChI=1S/C10H13BrN2O2S/c1-7(8-4-9(11)6-12-5-8)13-16(14,15)10-2-3-10/h4-7,10,13H,2-3H2,1H3. The van der Waals surface area contributed by atoms with Gasteiger partial charge in [-0.2, -0.15) is 0 Å². The third-order valence-corrected chi connectivity index (χ3v) is 5.00. The Hall–Kier alpha value is -0.460. The first-order chi connectivity index (χ1) is 7.49. The van der Waals surface area contributed by atoms with Gasteiger partial charge in [0.2, 0.25) is 10.0 Å². The number of pyridine rings is 1. The van der Waals surface area contributed by atoms with Crippen LogP contribution in [0.1, 0.15) is 31.4 Å². The molecule has 0 saturated heterocycles. The summed E-state index contributed by atoms with van der Waals surface area (Å²) in [6, 6.07) is 1.63. The third kappa shape index (κ3) is 2.81. The lowest BCUT2D eigenvalue weighted by Gasteiger charge is -2.14. The molecular weight excluding hydrogens is 292 g/mol. The molecule has 0 spiro atoms. The lowest BCUT2D eigenvalue weighted by Crippen LogP contribution is -2.29. The monoisotopic (exact) mass is 304 g/mol. The number of halogens is 1. The van der Waals surface area contributed by atoms with Crippen molar-refractivity contribution in [1.82, 2.24) is 9.71 Å². The highest BCUT2D eigenvalue weighted by molar-refractivity contribution is 9.10. The molecule has 0 amide bonds. The van der Waals surface area contributed by atoms with Crippen LogP contribution in [-0.2, 0) is 10.0 Å². The van der Waals surface area contributed by atoms with E-state index in [9.17, 15) is 8.42 Å². The van der Waals surface area contributed by atoms with Gasteiger partial charge in [0, 0.05) is 22.9 Å². The van der Waals surface area contributed by atoms with Crippen LogP contribution in [0.2, 0.25) is 0 Å². The normalized spacial score (nSPS) is 18.4. The quantitative estimate of drug-likeness (QED) is 0.925. The van der Waals surface area contributed by atoms with E-state index in [0.29, 0.717) is 0 Å². The summed E-state index contributed by atoms with van der Waals surface area (Å²) >= 11 is 3.31. The molecule has 88 valence electrons. The van der Waals surface area contributed by atoms with Crippen molar-refractivity contribution in [3.63, 3.8) is 0 Å². The summed E-state index contributed by atoms with van der Waals surface area (Å²) in [5, 5.41) is -0.185. The Bertz CT molecular complexity index is 485. The molecule has 1 aliphatic rings. The highest BCUT2D eigenvalue weighted by atomic mass is 79.9. The van der Waals surface area contributed by atoms with E-state index < -0.39 is 10.0 Å². The molecule has 2 rings (SSSR count). The number of nitrogens with one attached hydrogen (secondary N) is 1. The van der Waals surface area contributed by atoms with E-state index in [2.05, 4.69) is 25.6 Å². The van der Waals surface area contributed by atoms with Gasteiger partial charge in [0.15, 0.2) is 0 Å².